The van der Waals surface area contributed by atoms with E-state index in [-0.39, 0.29) is 11.8 Å². The molecule has 5 nitrogen and oxygen atoms in total. The van der Waals surface area contributed by atoms with Crippen LogP contribution in [-0.4, -0.2) is 28.8 Å². The first-order valence-corrected chi connectivity index (χ1v) is 9.38. The van der Waals surface area contributed by atoms with Gasteiger partial charge < -0.3 is 10.2 Å². The fourth-order valence-electron chi connectivity index (χ4n) is 4.11. The Hall–Kier alpha value is -2.30. The van der Waals surface area contributed by atoms with Gasteiger partial charge in [0.2, 0.25) is 5.91 Å². The van der Waals surface area contributed by atoms with Crippen LogP contribution in [0.15, 0.2) is 24.4 Å². The molecule has 4 rings (SSSR count). The van der Waals surface area contributed by atoms with E-state index in [0.29, 0.717) is 6.42 Å². The van der Waals surface area contributed by atoms with Crippen molar-refractivity contribution in [1.82, 2.24) is 9.78 Å². The van der Waals surface area contributed by atoms with Gasteiger partial charge >= 0.3 is 0 Å². The Labute approximate surface area is 149 Å². The molecule has 1 aromatic carbocycles. The molecule has 1 atom stereocenters. The van der Waals surface area contributed by atoms with Gasteiger partial charge in [-0.15, -0.1) is 0 Å². The highest BCUT2D eigenvalue weighted by Crippen LogP contribution is 2.38. The van der Waals surface area contributed by atoms with Crippen LogP contribution >= 0.6 is 0 Å². The zero-order chi connectivity index (χ0) is 17.4. The molecule has 0 saturated carbocycles. The smallest absolute Gasteiger partial charge is 0.226 e. The number of nitrogens with one attached hydrogen (secondary N) is 1. The molecule has 0 aliphatic carbocycles. The van der Waals surface area contributed by atoms with Gasteiger partial charge in [-0.05, 0) is 56.4 Å². The molecule has 2 aliphatic rings. The summed E-state index contributed by atoms with van der Waals surface area (Å²) in [6.07, 6.45) is 6.48. The lowest BCUT2D eigenvalue weighted by molar-refractivity contribution is -0.116. The van der Waals surface area contributed by atoms with Crippen LogP contribution in [0.25, 0.3) is 0 Å². The number of anilines is 2. The molecule has 0 bridgehead atoms. The molecule has 1 amide bonds. The topological polar surface area (TPSA) is 50.2 Å². The summed E-state index contributed by atoms with van der Waals surface area (Å²) in [5, 5.41) is 7.41. The molecule has 1 unspecified atom stereocenters. The van der Waals surface area contributed by atoms with E-state index < -0.39 is 0 Å². The number of hydrogen-bond acceptors (Lipinski definition) is 3. The Morgan fingerprint density at radius 1 is 1.20 bits per heavy atom. The molecular formula is C20H26N4O. The summed E-state index contributed by atoms with van der Waals surface area (Å²) >= 11 is 0. The highest BCUT2D eigenvalue weighted by molar-refractivity contribution is 5.94. The van der Waals surface area contributed by atoms with Gasteiger partial charge in [-0.25, -0.2) is 0 Å². The third-order valence-corrected chi connectivity index (χ3v) is 5.49. The van der Waals surface area contributed by atoms with Crippen molar-refractivity contribution >= 4 is 17.4 Å². The maximum atomic E-state index is 12.2. The Balaban J connectivity index is 1.67. The Morgan fingerprint density at radius 2 is 2.00 bits per heavy atom. The van der Waals surface area contributed by atoms with Gasteiger partial charge in [0.05, 0.1) is 0 Å². The molecular weight excluding hydrogens is 312 g/mol. The van der Waals surface area contributed by atoms with Crippen LogP contribution in [-0.2, 0) is 11.3 Å². The maximum absolute atomic E-state index is 12.2. The zero-order valence-electron chi connectivity index (χ0n) is 15.1. The summed E-state index contributed by atoms with van der Waals surface area (Å²) in [5.41, 5.74) is 4.95. The maximum Gasteiger partial charge on any atom is 0.226 e. The SMILES string of the molecule is CCn1cc2c(n1)NC(=O)CC2c1ccc(N2CCCCC2)cc1C. The summed E-state index contributed by atoms with van der Waals surface area (Å²) in [5.74, 6) is 0.875. The number of amides is 1. The summed E-state index contributed by atoms with van der Waals surface area (Å²) in [7, 11) is 0. The number of rotatable bonds is 3. The van der Waals surface area contributed by atoms with Crippen molar-refractivity contribution in [2.45, 2.75) is 52.0 Å². The van der Waals surface area contributed by atoms with E-state index in [2.05, 4.69) is 53.6 Å². The van der Waals surface area contributed by atoms with Crippen LogP contribution in [0, 0.1) is 6.92 Å². The summed E-state index contributed by atoms with van der Waals surface area (Å²) < 4.78 is 1.90. The average Bonchev–Trinajstić information content (AvgIpc) is 3.05. The Morgan fingerprint density at radius 3 is 2.72 bits per heavy atom. The van der Waals surface area contributed by atoms with Gasteiger partial charge in [-0.3, -0.25) is 9.48 Å². The molecule has 0 radical (unpaired) electrons. The number of carbonyl (C=O) groups is 1. The third-order valence-electron chi connectivity index (χ3n) is 5.49. The molecule has 5 heteroatoms. The Bertz CT molecular complexity index is 789. The first-order valence-electron chi connectivity index (χ1n) is 9.38. The number of aryl methyl sites for hydroxylation is 2. The van der Waals surface area contributed by atoms with Crippen LogP contribution in [0.1, 0.15) is 55.2 Å². The molecule has 25 heavy (non-hydrogen) atoms. The number of fused-ring (bicyclic) bond motifs is 1. The van der Waals surface area contributed by atoms with Crippen LogP contribution in [0.4, 0.5) is 11.5 Å². The highest BCUT2D eigenvalue weighted by atomic mass is 16.1. The Kier molecular flexibility index (Phi) is 4.24. The molecule has 3 heterocycles. The van der Waals surface area contributed by atoms with Crippen LogP contribution in [0.2, 0.25) is 0 Å². The fourth-order valence-corrected chi connectivity index (χ4v) is 4.11. The fraction of sp³-hybridized carbons (Fsp3) is 0.500. The van der Waals surface area contributed by atoms with E-state index in [0.717, 1.165) is 31.0 Å². The van der Waals surface area contributed by atoms with Gasteiger partial charge in [0.15, 0.2) is 5.82 Å². The number of benzene rings is 1. The average molecular weight is 338 g/mol. The second-order valence-corrected chi connectivity index (χ2v) is 7.18. The predicted octanol–water partition coefficient (Wildman–Crippen LogP) is 3.68. The van der Waals surface area contributed by atoms with Crippen molar-refractivity contribution in [2.75, 3.05) is 23.3 Å². The van der Waals surface area contributed by atoms with Crippen molar-refractivity contribution < 1.29 is 4.79 Å². The number of nitrogens with zero attached hydrogens (tertiary/aromatic N) is 3. The summed E-state index contributed by atoms with van der Waals surface area (Å²) in [6.45, 7) is 7.34. The van der Waals surface area contributed by atoms with Gasteiger partial charge in [0.25, 0.3) is 0 Å². The lowest BCUT2D eigenvalue weighted by atomic mass is 9.85. The number of piperidine rings is 1. The lowest BCUT2D eigenvalue weighted by Crippen LogP contribution is -2.29. The van der Waals surface area contributed by atoms with E-state index in [1.54, 1.807) is 0 Å². The van der Waals surface area contributed by atoms with Gasteiger partial charge in [-0.2, -0.15) is 5.10 Å². The number of carbonyl (C=O) groups excluding carboxylic acids is 1. The van der Waals surface area contributed by atoms with Crippen molar-refractivity contribution in [3.63, 3.8) is 0 Å². The molecule has 132 valence electrons. The minimum Gasteiger partial charge on any atom is -0.372 e. The van der Waals surface area contributed by atoms with Crippen LogP contribution in [0.3, 0.4) is 0 Å². The number of hydrogen-bond donors (Lipinski definition) is 1. The van der Waals surface area contributed by atoms with E-state index in [1.807, 2.05) is 4.68 Å². The quantitative estimate of drug-likeness (QED) is 0.929. The molecule has 1 aromatic heterocycles. The van der Waals surface area contributed by atoms with Crippen molar-refractivity contribution in [1.29, 1.82) is 0 Å². The van der Waals surface area contributed by atoms with Gasteiger partial charge in [-0.1, -0.05) is 6.07 Å². The first-order chi connectivity index (χ1) is 12.2. The van der Waals surface area contributed by atoms with Crippen molar-refractivity contribution in [2.24, 2.45) is 0 Å². The van der Waals surface area contributed by atoms with Crippen LogP contribution in [0.5, 0.6) is 0 Å². The third kappa shape index (κ3) is 3.03. The summed E-state index contributed by atoms with van der Waals surface area (Å²) in [6, 6.07) is 6.73. The van der Waals surface area contributed by atoms with E-state index in [1.165, 1.54) is 36.1 Å². The molecule has 1 saturated heterocycles. The second kappa shape index (κ2) is 6.54. The molecule has 1 fully saturated rings. The minimum atomic E-state index is 0.0540. The molecule has 0 spiro atoms. The van der Waals surface area contributed by atoms with E-state index >= 15 is 0 Å². The second-order valence-electron chi connectivity index (χ2n) is 7.18. The minimum absolute atomic E-state index is 0.0540. The number of aromatic nitrogens is 2. The highest BCUT2D eigenvalue weighted by Gasteiger charge is 2.30. The van der Waals surface area contributed by atoms with Crippen molar-refractivity contribution in [3.8, 4) is 0 Å². The first kappa shape index (κ1) is 16.2. The molecule has 1 N–H and O–H groups in total. The van der Waals surface area contributed by atoms with E-state index in [4.69, 9.17) is 0 Å². The molecule has 2 aromatic rings. The van der Waals surface area contributed by atoms with Crippen LogP contribution < -0.4 is 10.2 Å². The monoisotopic (exact) mass is 338 g/mol. The predicted molar refractivity (Wildman–Crippen MR) is 100 cm³/mol. The van der Waals surface area contributed by atoms with Crippen molar-refractivity contribution in [3.05, 3.63) is 41.1 Å². The summed E-state index contributed by atoms with van der Waals surface area (Å²) in [4.78, 5) is 14.6. The molecule has 2 aliphatic heterocycles. The standard InChI is InChI=1S/C20H26N4O/c1-3-24-13-18-17(12-19(25)21-20(18)22-24)16-8-7-15(11-14(16)2)23-9-5-4-6-10-23/h7-8,11,13,17H,3-6,9-10,12H2,1-2H3,(H,21,22,25). The normalized spacial score (nSPS) is 20.3. The van der Waals surface area contributed by atoms with E-state index in [9.17, 15) is 4.79 Å². The zero-order valence-corrected chi connectivity index (χ0v) is 15.1. The lowest BCUT2D eigenvalue weighted by Gasteiger charge is -2.30. The largest absolute Gasteiger partial charge is 0.372 e. The van der Waals surface area contributed by atoms with Gasteiger partial charge in [0.1, 0.15) is 0 Å². The van der Waals surface area contributed by atoms with Gasteiger partial charge in [0, 0.05) is 49.4 Å².